The molecule has 5 nitrogen and oxygen atoms in total. The van der Waals surface area contributed by atoms with E-state index in [9.17, 15) is 9.59 Å². The van der Waals surface area contributed by atoms with Crippen LogP contribution in [-0.4, -0.2) is 48.3 Å². The van der Waals surface area contributed by atoms with E-state index >= 15 is 0 Å². The fraction of sp³-hybridized carbons (Fsp3) is 0.625. The van der Waals surface area contributed by atoms with Crippen molar-refractivity contribution in [3.8, 4) is 0 Å². The van der Waals surface area contributed by atoms with E-state index in [0.29, 0.717) is 5.17 Å². The van der Waals surface area contributed by atoms with E-state index < -0.39 is 0 Å². The summed E-state index contributed by atoms with van der Waals surface area (Å²) in [6.45, 7) is 0. The zero-order valence-electron chi connectivity index (χ0n) is 8.40. The molecule has 0 radical (unpaired) electrons. The minimum atomic E-state index is -0.321. The molecule has 2 amide bonds. The summed E-state index contributed by atoms with van der Waals surface area (Å²) >= 11 is 1.34. The molecule has 1 aliphatic rings. The molecule has 6 heteroatoms. The molecule has 14 heavy (non-hydrogen) atoms. The topological polar surface area (TPSA) is 61.8 Å². The summed E-state index contributed by atoms with van der Waals surface area (Å²) in [5.74, 6) is -0.180. The molecule has 1 rings (SSSR count). The number of carbonyl (C=O) groups excluding carboxylic acids is 2. The van der Waals surface area contributed by atoms with Crippen molar-refractivity contribution in [1.82, 2.24) is 10.2 Å². The highest BCUT2D eigenvalue weighted by atomic mass is 32.2. The van der Waals surface area contributed by atoms with Gasteiger partial charge in [-0.3, -0.25) is 19.5 Å². The summed E-state index contributed by atoms with van der Waals surface area (Å²) in [6.07, 6.45) is 0.212. The first-order valence-electron chi connectivity index (χ1n) is 4.21. The zero-order valence-corrected chi connectivity index (χ0v) is 9.22. The maximum atomic E-state index is 11.6. The number of carbonyl (C=O) groups is 2. The minimum absolute atomic E-state index is 0.0563. The molecule has 0 bridgehead atoms. The largest absolute Gasteiger partial charge is 0.359 e. The van der Waals surface area contributed by atoms with E-state index in [0.717, 1.165) is 0 Å². The number of amidine groups is 1. The molecule has 1 saturated heterocycles. The molecular weight excluding hydrogens is 202 g/mol. The van der Waals surface area contributed by atoms with Gasteiger partial charge < -0.3 is 5.32 Å². The predicted octanol–water partition coefficient (Wildman–Crippen LogP) is -0.318. The third kappa shape index (κ3) is 2.06. The van der Waals surface area contributed by atoms with Gasteiger partial charge in [-0.05, 0) is 0 Å². The van der Waals surface area contributed by atoms with Crippen LogP contribution >= 0.6 is 11.8 Å². The Morgan fingerprint density at radius 2 is 2.36 bits per heavy atom. The normalized spacial score (nSPS) is 24.5. The van der Waals surface area contributed by atoms with Crippen LogP contribution in [0.1, 0.15) is 6.42 Å². The summed E-state index contributed by atoms with van der Waals surface area (Å²) in [5.41, 5.74) is 0. The Hall–Kier alpha value is -1.04. The van der Waals surface area contributed by atoms with Gasteiger partial charge in [0.2, 0.25) is 11.8 Å². The van der Waals surface area contributed by atoms with Gasteiger partial charge in [0.15, 0.2) is 5.17 Å². The van der Waals surface area contributed by atoms with E-state index in [-0.39, 0.29) is 23.5 Å². The molecule has 1 heterocycles. The monoisotopic (exact) mass is 215 g/mol. The molecule has 0 aromatic heterocycles. The summed E-state index contributed by atoms with van der Waals surface area (Å²) < 4.78 is 0. The van der Waals surface area contributed by atoms with Crippen LogP contribution in [0.25, 0.3) is 0 Å². The number of aliphatic imine (C=N–C) groups is 1. The second-order valence-electron chi connectivity index (χ2n) is 2.89. The van der Waals surface area contributed by atoms with Crippen LogP contribution in [0.5, 0.6) is 0 Å². The second kappa shape index (κ2) is 4.45. The Kier molecular flexibility index (Phi) is 3.51. The van der Waals surface area contributed by atoms with Crippen molar-refractivity contribution in [2.75, 3.05) is 21.1 Å². The van der Waals surface area contributed by atoms with Gasteiger partial charge in [-0.25, -0.2) is 0 Å². The first-order chi connectivity index (χ1) is 6.60. The molecule has 1 N–H and O–H groups in total. The quantitative estimate of drug-likeness (QED) is 0.687. The van der Waals surface area contributed by atoms with Crippen molar-refractivity contribution in [3.05, 3.63) is 0 Å². The van der Waals surface area contributed by atoms with E-state index in [1.807, 2.05) is 0 Å². The minimum Gasteiger partial charge on any atom is -0.359 e. The molecule has 1 aliphatic heterocycles. The summed E-state index contributed by atoms with van der Waals surface area (Å²) in [7, 11) is 4.86. The van der Waals surface area contributed by atoms with Gasteiger partial charge in [0.25, 0.3) is 0 Å². The Morgan fingerprint density at radius 1 is 1.71 bits per heavy atom. The molecule has 0 unspecified atom stereocenters. The lowest BCUT2D eigenvalue weighted by molar-refractivity contribution is -0.128. The maximum Gasteiger partial charge on any atom is 0.242 e. The van der Waals surface area contributed by atoms with E-state index in [2.05, 4.69) is 10.3 Å². The standard InChI is InChI=1S/C8H13N3O2S/c1-9-6(12)4-5-7(13)11(3)8(10-2)14-5/h5H,4H2,1-3H3,(H,9,12)/t5-/m1/s1. The van der Waals surface area contributed by atoms with Gasteiger partial charge in [0, 0.05) is 27.6 Å². The smallest absolute Gasteiger partial charge is 0.242 e. The highest BCUT2D eigenvalue weighted by Gasteiger charge is 2.36. The molecule has 0 aromatic carbocycles. The van der Waals surface area contributed by atoms with Crippen LogP contribution in [0.2, 0.25) is 0 Å². The summed E-state index contributed by atoms with van der Waals surface area (Å²) in [6, 6.07) is 0. The lowest BCUT2D eigenvalue weighted by atomic mass is 10.2. The fourth-order valence-electron chi connectivity index (χ4n) is 1.17. The third-order valence-corrected chi connectivity index (χ3v) is 3.30. The van der Waals surface area contributed by atoms with Gasteiger partial charge in [-0.1, -0.05) is 11.8 Å². The van der Waals surface area contributed by atoms with Crippen LogP contribution in [0, 0.1) is 0 Å². The van der Waals surface area contributed by atoms with Gasteiger partial charge in [-0.15, -0.1) is 0 Å². The Bertz CT molecular complexity index is 290. The zero-order chi connectivity index (χ0) is 10.7. The van der Waals surface area contributed by atoms with Crippen molar-refractivity contribution in [1.29, 1.82) is 0 Å². The van der Waals surface area contributed by atoms with Gasteiger partial charge >= 0.3 is 0 Å². The molecule has 1 fully saturated rings. The van der Waals surface area contributed by atoms with Gasteiger partial charge in [-0.2, -0.15) is 0 Å². The number of thioether (sulfide) groups is 1. The summed E-state index contributed by atoms with van der Waals surface area (Å²) in [5, 5.41) is 2.85. The first kappa shape index (κ1) is 11.0. The molecule has 0 aliphatic carbocycles. The number of hydrogen-bond donors (Lipinski definition) is 1. The van der Waals surface area contributed by atoms with Gasteiger partial charge in [0.05, 0.1) is 0 Å². The van der Waals surface area contributed by atoms with E-state index in [1.54, 1.807) is 21.1 Å². The number of nitrogens with one attached hydrogen (secondary N) is 1. The molecule has 1 atom stereocenters. The van der Waals surface area contributed by atoms with Crippen molar-refractivity contribution in [3.63, 3.8) is 0 Å². The average molecular weight is 215 g/mol. The summed E-state index contributed by atoms with van der Waals surface area (Å²) in [4.78, 5) is 28.1. The fourth-order valence-corrected chi connectivity index (χ4v) is 2.27. The highest BCUT2D eigenvalue weighted by Crippen LogP contribution is 2.27. The number of nitrogens with zero attached hydrogens (tertiary/aromatic N) is 2. The van der Waals surface area contributed by atoms with Crippen LogP contribution < -0.4 is 5.32 Å². The van der Waals surface area contributed by atoms with Crippen molar-refractivity contribution < 1.29 is 9.59 Å². The molecule has 78 valence electrons. The average Bonchev–Trinajstić information content (AvgIpc) is 2.45. The third-order valence-electron chi connectivity index (χ3n) is 1.98. The van der Waals surface area contributed by atoms with E-state index in [1.165, 1.54) is 16.7 Å². The van der Waals surface area contributed by atoms with Crippen molar-refractivity contribution in [2.24, 2.45) is 4.99 Å². The number of hydrogen-bond acceptors (Lipinski definition) is 4. The van der Waals surface area contributed by atoms with Crippen molar-refractivity contribution >= 4 is 28.7 Å². The number of rotatable bonds is 2. The van der Waals surface area contributed by atoms with Crippen molar-refractivity contribution in [2.45, 2.75) is 11.7 Å². The molecular formula is C8H13N3O2S. The second-order valence-corrected chi connectivity index (χ2v) is 4.06. The number of amides is 2. The first-order valence-corrected chi connectivity index (χ1v) is 5.09. The Morgan fingerprint density at radius 3 is 2.79 bits per heavy atom. The molecule has 0 aromatic rings. The van der Waals surface area contributed by atoms with Crippen LogP contribution in [-0.2, 0) is 9.59 Å². The molecule has 0 saturated carbocycles. The SMILES string of the molecule is CN=C1S[C@H](CC(=O)NC)C(=O)N1C. The Balaban J connectivity index is 2.66. The van der Waals surface area contributed by atoms with Gasteiger partial charge in [0.1, 0.15) is 5.25 Å². The Labute approximate surface area is 86.9 Å². The lowest BCUT2D eigenvalue weighted by Crippen LogP contribution is -2.31. The van der Waals surface area contributed by atoms with E-state index in [4.69, 9.17) is 0 Å². The van der Waals surface area contributed by atoms with Crippen LogP contribution in [0.3, 0.4) is 0 Å². The predicted molar refractivity (Wildman–Crippen MR) is 56.2 cm³/mol. The molecule has 0 spiro atoms. The lowest BCUT2D eigenvalue weighted by Gasteiger charge is -2.07. The van der Waals surface area contributed by atoms with Crippen LogP contribution in [0.15, 0.2) is 4.99 Å². The maximum absolute atomic E-state index is 11.6. The van der Waals surface area contributed by atoms with Crippen LogP contribution in [0.4, 0.5) is 0 Å². The highest BCUT2D eigenvalue weighted by molar-refractivity contribution is 8.15.